The van der Waals surface area contributed by atoms with E-state index in [9.17, 15) is 0 Å². The summed E-state index contributed by atoms with van der Waals surface area (Å²) in [5.74, 6) is 0.529. The highest BCUT2D eigenvalue weighted by Gasteiger charge is 1.93. The van der Waals surface area contributed by atoms with E-state index in [0.29, 0.717) is 52.1 Å². The molecule has 0 atom stereocenters. The maximum atomic E-state index is 5.49. The highest BCUT2D eigenvalue weighted by Crippen LogP contribution is 2.02. The Labute approximate surface area is 129 Å². The van der Waals surface area contributed by atoms with Crippen molar-refractivity contribution in [1.82, 2.24) is 0 Å². The van der Waals surface area contributed by atoms with Crippen molar-refractivity contribution in [2.75, 3.05) is 58.7 Å². The van der Waals surface area contributed by atoms with Crippen molar-refractivity contribution in [2.24, 2.45) is 0 Å². The molecule has 122 valence electrons. The third kappa shape index (κ3) is 18.1. The molecule has 0 bridgehead atoms. The summed E-state index contributed by atoms with van der Waals surface area (Å²) in [6.07, 6.45) is 6.37. The van der Waals surface area contributed by atoms with Gasteiger partial charge >= 0.3 is 0 Å². The molecule has 0 aliphatic rings. The van der Waals surface area contributed by atoms with Crippen LogP contribution in [-0.4, -0.2) is 58.7 Å². The van der Waals surface area contributed by atoms with E-state index in [1.165, 1.54) is 25.7 Å². The summed E-state index contributed by atoms with van der Waals surface area (Å²) in [7, 11) is 0. The standard InChI is InChI=1S/C15H31ClO4/c1-2-3-4-5-6-8-17-10-12-19-14-15-20-13-11-18-9-7-16/h2-15H2,1H3. The van der Waals surface area contributed by atoms with E-state index < -0.39 is 0 Å². The third-order valence-corrected chi connectivity index (χ3v) is 2.88. The predicted octanol–water partition coefficient (Wildman–Crippen LogP) is 3.26. The Kier molecular flexibility index (Phi) is 19.3. The average Bonchev–Trinajstić information content (AvgIpc) is 2.47. The number of hydrogen-bond donors (Lipinski definition) is 0. The molecule has 0 unspecified atom stereocenters. The minimum atomic E-state index is 0.529. The van der Waals surface area contributed by atoms with Gasteiger partial charge in [0.2, 0.25) is 0 Å². The van der Waals surface area contributed by atoms with Crippen LogP contribution in [0.4, 0.5) is 0 Å². The molecule has 0 radical (unpaired) electrons. The summed E-state index contributed by atoms with van der Waals surface area (Å²) in [6.45, 7) is 7.36. The molecule has 0 aliphatic carbocycles. The molecule has 0 fully saturated rings. The average molecular weight is 311 g/mol. The van der Waals surface area contributed by atoms with Gasteiger partial charge in [-0.3, -0.25) is 0 Å². The van der Waals surface area contributed by atoms with Gasteiger partial charge in [0.05, 0.1) is 46.2 Å². The van der Waals surface area contributed by atoms with Gasteiger partial charge in [0.25, 0.3) is 0 Å². The monoisotopic (exact) mass is 310 g/mol. The molecule has 20 heavy (non-hydrogen) atoms. The van der Waals surface area contributed by atoms with Gasteiger partial charge in [-0.05, 0) is 6.42 Å². The van der Waals surface area contributed by atoms with Gasteiger partial charge < -0.3 is 18.9 Å². The van der Waals surface area contributed by atoms with Crippen LogP contribution in [0, 0.1) is 0 Å². The first-order valence-electron chi connectivity index (χ1n) is 7.78. The van der Waals surface area contributed by atoms with Crippen LogP contribution in [0.25, 0.3) is 0 Å². The minimum Gasteiger partial charge on any atom is -0.379 e. The van der Waals surface area contributed by atoms with E-state index in [4.69, 9.17) is 30.5 Å². The van der Waals surface area contributed by atoms with Crippen LogP contribution in [0.3, 0.4) is 0 Å². The van der Waals surface area contributed by atoms with E-state index >= 15 is 0 Å². The van der Waals surface area contributed by atoms with E-state index in [2.05, 4.69) is 6.92 Å². The van der Waals surface area contributed by atoms with Crippen molar-refractivity contribution >= 4 is 11.6 Å². The predicted molar refractivity (Wildman–Crippen MR) is 82.8 cm³/mol. The van der Waals surface area contributed by atoms with Crippen molar-refractivity contribution in [3.63, 3.8) is 0 Å². The van der Waals surface area contributed by atoms with Crippen LogP contribution in [-0.2, 0) is 18.9 Å². The molecule has 0 rings (SSSR count). The molecule has 4 nitrogen and oxygen atoms in total. The molecule has 0 aromatic carbocycles. The highest BCUT2D eigenvalue weighted by molar-refractivity contribution is 6.17. The Morgan fingerprint density at radius 3 is 1.50 bits per heavy atom. The molecular weight excluding hydrogens is 280 g/mol. The summed E-state index contributed by atoms with van der Waals surface area (Å²) >= 11 is 5.47. The van der Waals surface area contributed by atoms with E-state index in [0.717, 1.165) is 13.0 Å². The number of rotatable bonds is 17. The van der Waals surface area contributed by atoms with Gasteiger partial charge in [-0.25, -0.2) is 0 Å². The molecule has 0 amide bonds. The molecule has 0 saturated heterocycles. The van der Waals surface area contributed by atoms with E-state index in [1.807, 2.05) is 0 Å². The fraction of sp³-hybridized carbons (Fsp3) is 1.00. The number of ether oxygens (including phenoxy) is 4. The van der Waals surface area contributed by atoms with Gasteiger partial charge in [-0.15, -0.1) is 11.6 Å². The number of alkyl halides is 1. The maximum absolute atomic E-state index is 5.49. The third-order valence-electron chi connectivity index (χ3n) is 2.73. The molecule has 0 aromatic heterocycles. The first-order valence-corrected chi connectivity index (χ1v) is 8.32. The maximum Gasteiger partial charge on any atom is 0.0701 e. The second kappa shape index (κ2) is 19.1. The smallest absolute Gasteiger partial charge is 0.0701 e. The van der Waals surface area contributed by atoms with Crippen LogP contribution in [0.15, 0.2) is 0 Å². The lowest BCUT2D eigenvalue weighted by Crippen LogP contribution is -2.12. The molecule has 0 aliphatic heterocycles. The fourth-order valence-corrected chi connectivity index (χ4v) is 1.73. The van der Waals surface area contributed by atoms with Crippen molar-refractivity contribution in [3.8, 4) is 0 Å². The van der Waals surface area contributed by atoms with Gasteiger partial charge in [0.15, 0.2) is 0 Å². The van der Waals surface area contributed by atoms with Crippen molar-refractivity contribution < 1.29 is 18.9 Å². The molecule has 0 N–H and O–H groups in total. The normalized spacial score (nSPS) is 11.1. The Morgan fingerprint density at radius 2 is 1.00 bits per heavy atom. The molecular formula is C15H31ClO4. The fourth-order valence-electron chi connectivity index (χ4n) is 1.62. The Hall–Kier alpha value is 0.130. The number of halogens is 1. The lowest BCUT2D eigenvalue weighted by Gasteiger charge is -2.07. The van der Waals surface area contributed by atoms with Crippen molar-refractivity contribution in [2.45, 2.75) is 39.0 Å². The quantitative estimate of drug-likeness (QED) is 0.305. The molecule has 5 heteroatoms. The lowest BCUT2D eigenvalue weighted by atomic mass is 10.2. The first-order chi connectivity index (χ1) is 9.91. The zero-order chi connectivity index (χ0) is 14.7. The second-order valence-corrected chi connectivity index (χ2v) is 4.93. The van der Waals surface area contributed by atoms with Crippen LogP contribution < -0.4 is 0 Å². The minimum absolute atomic E-state index is 0.529. The lowest BCUT2D eigenvalue weighted by molar-refractivity contribution is -0.000659. The highest BCUT2D eigenvalue weighted by atomic mass is 35.5. The number of hydrogen-bond acceptors (Lipinski definition) is 4. The van der Waals surface area contributed by atoms with Gasteiger partial charge in [-0.2, -0.15) is 0 Å². The topological polar surface area (TPSA) is 36.9 Å². The largest absolute Gasteiger partial charge is 0.379 e. The van der Waals surface area contributed by atoms with Crippen LogP contribution in [0.5, 0.6) is 0 Å². The summed E-state index contributed by atoms with van der Waals surface area (Å²) in [4.78, 5) is 0. The Balaban J connectivity index is 2.89. The Bertz CT molecular complexity index is 152. The van der Waals surface area contributed by atoms with Crippen LogP contribution in [0.2, 0.25) is 0 Å². The SMILES string of the molecule is CCCCCCCOCCOCCOCCOCCCl. The van der Waals surface area contributed by atoms with Crippen molar-refractivity contribution in [1.29, 1.82) is 0 Å². The second-order valence-electron chi connectivity index (χ2n) is 4.55. The molecule has 0 saturated carbocycles. The van der Waals surface area contributed by atoms with E-state index in [1.54, 1.807) is 0 Å². The number of unbranched alkanes of at least 4 members (excludes halogenated alkanes) is 4. The first kappa shape index (κ1) is 20.1. The molecule has 0 aromatic rings. The van der Waals surface area contributed by atoms with Crippen LogP contribution >= 0.6 is 11.6 Å². The summed E-state index contributed by atoms with van der Waals surface area (Å²) < 4.78 is 21.4. The zero-order valence-electron chi connectivity index (χ0n) is 12.9. The van der Waals surface area contributed by atoms with Gasteiger partial charge in [-0.1, -0.05) is 32.6 Å². The summed E-state index contributed by atoms with van der Waals surface area (Å²) in [5, 5.41) is 0. The Morgan fingerprint density at radius 1 is 0.550 bits per heavy atom. The van der Waals surface area contributed by atoms with Gasteiger partial charge in [0, 0.05) is 12.5 Å². The molecule has 0 spiro atoms. The van der Waals surface area contributed by atoms with Gasteiger partial charge in [0.1, 0.15) is 0 Å². The summed E-state index contributed by atoms with van der Waals surface area (Å²) in [5.41, 5.74) is 0. The molecule has 0 heterocycles. The van der Waals surface area contributed by atoms with Crippen LogP contribution in [0.1, 0.15) is 39.0 Å². The summed E-state index contributed by atoms with van der Waals surface area (Å²) in [6, 6.07) is 0. The van der Waals surface area contributed by atoms with E-state index in [-0.39, 0.29) is 0 Å². The van der Waals surface area contributed by atoms with Crippen molar-refractivity contribution in [3.05, 3.63) is 0 Å². The zero-order valence-corrected chi connectivity index (χ0v) is 13.7.